The van der Waals surface area contributed by atoms with Crippen molar-refractivity contribution in [2.75, 3.05) is 0 Å². The minimum atomic E-state index is -0.217. The second kappa shape index (κ2) is 6.13. The number of hydrogen-bond donors (Lipinski definition) is 1. The fourth-order valence-corrected chi connectivity index (χ4v) is 1.62. The maximum atomic E-state index is 5.70. The van der Waals surface area contributed by atoms with Gasteiger partial charge in [-0.2, -0.15) is 0 Å². The van der Waals surface area contributed by atoms with Crippen molar-refractivity contribution in [3.8, 4) is 0 Å². The second-order valence-electron chi connectivity index (χ2n) is 6.23. The first-order valence-corrected chi connectivity index (χ1v) is 6.37. The number of ether oxygens (including phenoxy) is 1. The highest BCUT2D eigenvalue weighted by Gasteiger charge is 2.21. The van der Waals surface area contributed by atoms with Gasteiger partial charge in [0.25, 0.3) is 0 Å². The Kier molecular flexibility index (Phi) is 5.80. The maximum Gasteiger partial charge on any atom is 0.180 e. The van der Waals surface area contributed by atoms with Crippen molar-refractivity contribution in [2.45, 2.75) is 60.1 Å². The Morgan fingerprint density at radius 2 is 1.53 bits per heavy atom. The van der Waals surface area contributed by atoms with Crippen molar-refractivity contribution in [1.82, 2.24) is 5.32 Å². The molecule has 0 saturated carbocycles. The van der Waals surface area contributed by atoms with E-state index < -0.39 is 0 Å². The van der Waals surface area contributed by atoms with Crippen molar-refractivity contribution in [3.63, 3.8) is 0 Å². The van der Waals surface area contributed by atoms with Gasteiger partial charge in [0.1, 0.15) is 5.60 Å². The molecule has 0 aliphatic carbocycles. The third kappa shape index (κ3) is 6.40. The topological polar surface area (TPSA) is 21.3 Å². The first-order chi connectivity index (χ1) is 7.54. The molecule has 0 bridgehead atoms. The highest BCUT2D eigenvalue weighted by atomic mass is 16.5. The summed E-state index contributed by atoms with van der Waals surface area (Å²) >= 11 is 0. The lowest BCUT2D eigenvalue weighted by Crippen LogP contribution is -2.38. The third-order valence-electron chi connectivity index (χ3n) is 2.55. The first-order valence-electron chi connectivity index (χ1n) is 6.37. The Bertz CT molecular complexity index is 271. The van der Waals surface area contributed by atoms with Gasteiger partial charge >= 0.3 is 0 Å². The zero-order valence-electron chi connectivity index (χ0n) is 12.6. The van der Waals surface area contributed by atoms with Crippen molar-refractivity contribution < 1.29 is 4.74 Å². The van der Waals surface area contributed by atoms with Crippen LogP contribution < -0.4 is 5.32 Å². The fraction of sp³-hybridized carbons (Fsp3) is 0.733. The summed E-state index contributed by atoms with van der Waals surface area (Å²) in [7, 11) is 0. The van der Waals surface area contributed by atoms with Crippen LogP contribution in [0.5, 0.6) is 0 Å². The molecular formula is C15H29NO. The molecule has 0 aliphatic rings. The van der Waals surface area contributed by atoms with Gasteiger partial charge in [-0.15, -0.1) is 0 Å². The molecule has 0 radical (unpaired) electrons. The predicted octanol–water partition coefficient (Wildman–Crippen LogP) is 4.10. The minimum absolute atomic E-state index is 0.213. The van der Waals surface area contributed by atoms with E-state index in [4.69, 9.17) is 4.74 Å². The lowest BCUT2D eigenvalue weighted by atomic mass is 9.90. The molecule has 0 aromatic carbocycles. The van der Waals surface area contributed by atoms with Gasteiger partial charge in [0, 0.05) is 0 Å². The van der Waals surface area contributed by atoms with Crippen LogP contribution in [0.25, 0.3) is 0 Å². The normalized spacial score (nSPS) is 13.7. The van der Waals surface area contributed by atoms with Crippen LogP contribution in [0.1, 0.15) is 48.5 Å². The standard InChI is InChI=1S/C15H29NO/c1-10(2)12(5)14(11(3)4)16-13(6)17-15(7,8)9/h10-11,14,16H,5-6H2,1-4,7-9H3. The van der Waals surface area contributed by atoms with E-state index in [9.17, 15) is 0 Å². The molecule has 0 rings (SSSR count). The average Bonchev–Trinajstić information content (AvgIpc) is 2.09. The molecule has 0 spiro atoms. The Labute approximate surface area is 107 Å². The van der Waals surface area contributed by atoms with Gasteiger partial charge in [-0.3, -0.25) is 0 Å². The molecule has 2 heteroatoms. The summed E-state index contributed by atoms with van der Waals surface area (Å²) in [4.78, 5) is 0. The molecule has 0 saturated heterocycles. The molecule has 0 aromatic heterocycles. The summed E-state index contributed by atoms with van der Waals surface area (Å²) in [5, 5.41) is 3.34. The van der Waals surface area contributed by atoms with E-state index >= 15 is 0 Å². The van der Waals surface area contributed by atoms with E-state index in [0.717, 1.165) is 0 Å². The van der Waals surface area contributed by atoms with Gasteiger partial charge in [0.15, 0.2) is 5.88 Å². The van der Waals surface area contributed by atoms with Gasteiger partial charge in [-0.25, -0.2) is 0 Å². The molecule has 1 unspecified atom stereocenters. The largest absolute Gasteiger partial charge is 0.474 e. The van der Waals surface area contributed by atoms with Crippen LogP contribution in [0.15, 0.2) is 24.6 Å². The highest BCUT2D eigenvalue weighted by molar-refractivity contribution is 5.11. The maximum absolute atomic E-state index is 5.70. The SMILES string of the molecule is C=C(NC(C(=C)C(C)C)C(C)C)OC(C)(C)C. The Morgan fingerprint density at radius 1 is 1.06 bits per heavy atom. The van der Waals surface area contributed by atoms with Crippen LogP contribution in [-0.4, -0.2) is 11.6 Å². The summed E-state index contributed by atoms with van der Waals surface area (Å²) in [5.41, 5.74) is 0.976. The molecule has 2 nitrogen and oxygen atoms in total. The fourth-order valence-electron chi connectivity index (χ4n) is 1.62. The Hall–Kier alpha value is -0.920. The van der Waals surface area contributed by atoms with E-state index in [-0.39, 0.29) is 11.6 Å². The van der Waals surface area contributed by atoms with Crippen LogP contribution >= 0.6 is 0 Å². The van der Waals surface area contributed by atoms with Gasteiger partial charge in [0.05, 0.1) is 6.04 Å². The van der Waals surface area contributed by atoms with Crippen LogP contribution in [0.4, 0.5) is 0 Å². The second-order valence-corrected chi connectivity index (χ2v) is 6.23. The van der Waals surface area contributed by atoms with Crippen LogP contribution in [0, 0.1) is 11.8 Å². The molecule has 0 fully saturated rings. The summed E-state index contributed by atoms with van der Waals surface area (Å²) in [6, 6.07) is 0.213. The van der Waals surface area contributed by atoms with Crippen molar-refractivity contribution in [2.24, 2.45) is 11.8 Å². The molecule has 0 heterocycles. The molecule has 100 valence electrons. The zero-order chi connectivity index (χ0) is 13.8. The van der Waals surface area contributed by atoms with E-state index in [2.05, 4.69) is 46.2 Å². The number of rotatable bonds is 6. The molecule has 1 N–H and O–H groups in total. The van der Waals surface area contributed by atoms with Crippen LogP contribution in [0.2, 0.25) is 0 Å². The molecule has 0 aliphatic heterocycles. The summed E-state index contributed by atoms with van der Waals surface area (Å²) in [6.45, 7) is 22.8. The third-order valence-corrected chi connectivity index (χ3v) is 2.55. The lowest BCUT2D eigenvalue weighted by Gasteiger charge is -2.31. The molecular weight excluding hydrogens is 210 g/mol. The summed E-state index contributed by atoms with van der Waals surface area (Å²) < 4.78 is 5.70. The zero-order valence-corrected chi connectivity index (χ0v) is 12.6. The van der Waals surface area contributed by atoms with Gasteiger partial charge in [-0.1, -0.05) is 39.8 Å². The lowest BCUT2D eigenvalue weighted by molar-refractivity contribution is 0.0377. The van der Waals surface area contributed by atoms with Crippen molar-refractivity contribution in [3.05, 3.63) is 24.6 Å². The highest BCUT2D eigenvalue weighted by Crippen LogP contribution is 2.20. The van der Waals surface area contributed by atoms with Gasteiger partial charge in [0.2, 0.25) is 0 Å². The van der Waals surface area contributed by atoms with E-state index in [0.29, 0.717) is 17.7 Å². The van der Waals surface area contributed by atoms with Crippen molar-refractivity contribution in [1.29, 1.82) is 0 Å². The van der Waals surface area contributed by atoms with Crippen LogP contribution in [-0.2, 0) is 4.74 Å². The minimum Gasteiger partial charge on any atom is -0.474 e. The molecule has 0 amide bonds. The van der Waals surface area contributed by atoms with Crippen LogP contribution in [0.3, 0.4) is 0 Å². The van der Waals surface area contributed by atoms with E-state index in [1.165, 1.54) is 5.57 Å². The van der Waals surface area contributed by atoms with Gasteiger partial charge < -0.3 is 10.1 Å². The number of nitrogens with one attached hydrogen (secondary N) is 1. The summed E-state index contributed by atoms with van der Waals surface area (Å²) in [6.07, 6.45) is 0. The molecule has 0 aromatic rings. The van der Waals surface area contributed by atoms with E-state index in [1.54, 1.807) is 0 Å². The molecule has 17 heavy (non-hydrogen) atoms. The number of hydrogen-bond acceptors (Lipinski definition) is 2. The van der Waals surface area contributed by atoms with Crippen molar-refractivity contribution >= 4 is 0 Å². The predicted molar refractivity (Wildman–Crippen MR) is 75.7 cm³/mol. The monoisotopic (exact) mass is 239 g/mol. The molecule has 1 atom stereocenters. The first kappa shape index (κ1) is 16.1. The summed E-state index contributed by atoms with van der Waals surface area (Å²) in [5.74, 6) is 1.54. The Morgan fingerprint density at radius 3 is 1.82 bits per heavy atom. The Balaban J connectivity index is 4.57. The van der Waals surface area contributed by atoms with E-state index in [1.807, 2.05) is 20.8 Å². The average molecular weight is 239 g/mol. The quantitative estimate of drug-likeness (QED) is 0.556. The smallest absolute Gasteiger partial charge is 0.180 e. The van der Waals surface area contributed by atoms with Gasteiger partial charge in [-0.05, 0) is 39.2 Å².